The Hall–Kier alpha value is -3.91. The number of fused-ring (bicyclic) bond motifs is 2. The van der Waals surface area contributed by atoms with E-state index in [1.165, 1.54) is 65.5 Å². The van der Waals surface area contributed by atoms with E-state index >= 15 is 0 Å². The van der Waals surface area contributed by atoms with Crippen molar-refractivity contribution in [2.45, 2.75) is 102 Å². The molecule has 4 heterocycles. The van der Waals surface area contributed by atoms with Crippen molar-refractivity contribution < 1.29 is 9.53 Å². The quantitative estimate of drug-likeness (QED) is 0.213. The highest BCUT2D eigenvalue weighted by atomic mass is 16.6. The van der Waals surface area contributed by atoms with E-state index in [-0.39, 0.29) is 12.1 Å². The lowest BCUT2D eigenvalue weighted by Crippen LogP contribution is -2.36. The largest absolute Gasteiger partial charge is 0.444 e. The summed E-state index contributed by atoms with van der Waals surface area (Å²) in [6.07, 6.45) is 12.9. The van der Waals surface area contributed by atoms with Crippen LogP contribution in [0.15, 0.2) is 48.8 Å². The van der Waals surface area contributed by atoms with Crippen molar-refractivity contribution in [1.82, 2.24) is 30.2 Å². The van der Waals surface area contributed by atoms with E-state index in [1.54, 1.807) is 0 Å². The van der Waals surface area contributed by atoms with Gasteiger partial charge in [-0.25, -0.2) is 14.8 Å². The van der Waals surface area contributed by atoms with Crippen LogP contribution in [0.25, 0.3) is 33.6 Å². The minimum absolute atomic E-state index is 0.0842. The van der Waals surface area contributed by atoms with Gasteiger partial charge in [-0.15, -0.1) is 0 Å². The SMILES string of the molecule is CC(C)(C)OC(=O)N1CCCC1c1ncc(-c2ccc(-c3ccc(-c4cnc(C5CCCN5)[nH]4)cc3)c3c2C2CCC3CC2)[nH]1. The summed E-state index contributed by atoms with van der Waals surface area (Å²) in [7, 11) is 0. The smallest absolute Gasteiger partial charge is 0.410 e. The second-order valence-electron chi connectivity index (χ2n) is 14.5. The summed E-state index contributed by atoms with van der Waals surface area (Å²) < 4.78 is 5.72. The van der Waals surface area contributed by atoms with Gasteiger partial charge in [0.1, 0.15) is 17.2 Å². The highest BCUT2D eigenvalue weighted by Crippen LogP contribution is 2.55. The molecule has 0 spiro atoms. The number of hydrogen-bond acceptors (Lipinski definition) is 5. The monoisotopic (exact) mass is 604 g/mol. The summed E-state index contributed by atoms with van der Waals surface area (Å²) >= 11 is 0. The fourth-order valence-corrected chi connectivity index (χ4v) is 8.31. The molecule has 2 aliphatic heterocycles. The maximum Gasteiger partial charge on any atom is 0.410 e. The normalized spacial score (nSPS) is 24.3. The summed E-state index contributed by atoms with van der Waals surface area (Å²) in [4.78, 5) is 31.6. The van der Waals surface area contributed by atoms with Gasteiger partial charge < -0.3 is 20.0 Å². The summed E-state index contributed by atoms with van der Waals surface area (Å²) in [5.41, 5.74) is 9.72. The van der Waals surface area contributed by atoms with Crippen LogP contribution in [0.1, 0.15) is 119 Å². The first-order valence-corrected chi connectivity index (χ1v) is 16.9. The predicted octanol–water partition coefficient (Wildman–Crippen LogP) is 8.39. The van der Waals surface area contributed by atoms with Gasteiger partial charge in [0.2, 0.25) is 0 Å². The van der Waals surface area contributed by atoms with Gasteiger partial charge in [0, 0.05) is 12.1 Å². The van der Waals surface area contributed by atoms with Crippen LogP contribution in [0.4, 0.5) is 4.79 Å². The average Bonchev–Trinajstić information content (AvgIpc) is 3.87. The molecule has 2 aromatic heterocycles. The van der Waals surface area contributed by atoms with E-state index in [2.05, 4.69) is 56.7 Å². The van der Waals surface area contributed by atoms with Crippen LogP contribution in [0, 0.1) is 0 Å². The molecule has 2 unspecified atom stereocenters. The zero-order valence-corrected chi connectivity index (χ0v) is 26.7. The van der Waals surface area contributed by atoms with Gasteiger partial charge in [0.15, 0.2) is 0 Å². The number of likely N-dealkylation sites (tertiary alicyclic amines) is 1. The van der Waals surface area contributed by atoms with E-state index < -0.39 is 5.60 Å². The van der Waals surface area contributed by atoms with Gasteiger partial charge >= 0.3 is 6.09 Å². The molecule has 45 heavy (non-hydrogen) atoms. The average molecular weight is 605 g/mol. The third kappa shape index (κ3) is 5.27. The summed E-state index contributed by atoms with van der Waals surface area (Å²) in [5, 5.41) is 3.54. The van der Waals surface area contributed by atoms with Crippen molar-refractivity contribution in [2.75, 3.05) is 13.1 Å². The zero-order valence-electron chi connectivity index (χ0n) is 26.7. The Kier molecular flexibility index (Phi) is 7.08. The van der Waals surface area contributed by atoms with Gasteiger partial charge in [0.05, 0.1) is 35.9 Å². The lowest BCUT2D eigenvalue weighted by molar-refractivity contribution is 0.0218. The van der Waals surface area contributed by atoms with Crippen molar-refractivity contribution >= 4 is 6.09 Å². The van der Waals surface area contributed by atoms with Crippen molar-refractivity contribution in [3.8, 4) is 33.6 Å². The maximum absolute atomic E-state index is 13.0. The molecule has 2 saturated heterocycles. The Morgan fingerprint density at radius 2 is 1.42 bits per heavy atom. The molecule has 4 aromatic rings. The predicted molar refractivity (Wildman–Crippen MR) is 176 cm³/mol. The van der Waals surface area contributed by atoms with E-state index in [4.69, 9.17) is 9.72 Å². The van der Waals surface area contributed by atoms with E-state index in [9.17, 15) is 4.79 Å². The van der Waals surface area contributed by atoms with Crippen LogP contribution in [0.3, 0.4) is 0 Å². The molecule has 234 valence electrons. The molecule has 3 aliphatic carbocycles. The lowest BCUT2D eigenvalue weighted by Gasteiger charge is -2.41. The molecule has 2 bridgehead atoms. The molecular weight excluding hydrogens is 560 g/mol. The number of imidazole rings is 2. The Labute approximate surface area is 265 Å². The number of benzene rings is 2. The van der Waals surface area contributed by atoms with Gasteiger partial charge in [0.25, 0.3) is 0 Å². The first kappa shape index (κ1) is 28.6. The van der Waals surface area contributed by atoms with Crippen LogP contribution in [-0.4, -0.2) is 49.6 Å². The molecule has 3 fully saturated rings. The highest BCUT2D eigenvalue weighted by molar-refractivity contribution is 5.79. The molecule has 8 nitrogen and oxygen atoms in total. The number of aromatic nitrogens is 4. The zero-order chi connectivity index (χ0) is 30.7. The van der Waals surface area contributed by atoms with Crippen LogP contribution in [0.5, 0.6) is 0 Å². The fourth-order valence-electron chi connectivity index (χ4n) is 8.31. The van der Waals surface area contributed by atoms with Gasteiger partial charge in [-0.05, 0) is 118 Å². The molecule has 0 radical (unpaired) electrons. The molecule has 1 amide bonds. The molecule has 8 heteroatoms. The third-order valence-corrected chi connectivity index (χ3v) is 10.4. The number of aromatic amines is 2. The fraction of sp³-hybridized carbons (Fsp3) is 0.486. The Balaban J connectivity index is 1.10. The van der Waals surface area contributed by atoms with E-state index in [0.717, 1.165) is 48.8 Å². The second kappa shape index (κ2) is 11.2. The van der Waals surface area contributed by atoms with Crippen molar-refractivity contribution in [2.24, 2.45) is 0 Å². The third-order valence-electron chi connectivity index (χ3n) is 10.4. The molecule has 1 saturated carbocycles. The number of carbonyl (C=O) groups is 1. The molecule has 9 rings (SSSR count). The van der Waals surface area contributed by atoms with E-state index in [1.807, 2.05) is 38.1 Å². The summed E-state index contributed by atoms with van der Waals surface area (Å²) in [5.74, 6) is 3.06. The Morgan fingerprint density at radius 3 is 2.13 bits per heavy atom. The van der Waals surface area contributed by atoms with Crippen molar-refractivity contribution in [3.05, 3.63) is 71.6 Å². The minimum atomic E-state index is -0.520. The summed E-state index contributed by atoms with van der Waals surface area (Å²) in [6, 6.07) is 13.9. The summed E-state index contributed by atoms with van der Waals surface area (Å²) in [6.45, 7) is 7.51. The second-order valence-corrected chi connectivity index (χ2v) is 14.5. The number of nitrogens with one attached hydrogen (secondary N) is 3. The number of rotatable bonds is 5. The number of carbonyl (C=O) groups excluding carboxylic acids is 1. The molecule has 5 aliphatic rings. The molecule has 3 N–H and O–H groups in total. The number of nitrogens with zero attached hydrogens (tertiary/aromatic N) is 3. The van der Waals surface area contributed by atoms with Gasteiger partial charge in [-0.2, -0.15) is 0 Å². The number of hydrogen-bond donors (Lipinski definition) is 3. The maximum atomic E-state index is 13.0. The number of ether oxygens (including phenoxy) is 1. The first-order valence-electron chi connectivity index (χ1n) is 16.9. The Bertz CT molecular complexity index is 1700. The first-order chi connectivity index (χ1) is 21.8. The van der Waals surface area contributed by atoms with Crippen LogP contribution in [0.2, 0.25) is 0 Å². The topological polar surface area (TPSA) is 98.9 Å². The van der Waals surface area contributed by atoms with Crippen molar-refractivity contribution in [1.29, 1.82) is 0 Å². The molecular formula is C37H44N6O2. The Morgan fingerprint density at radius 1 is 0.778 bits per heavy atom. The van der Waals surface area contributed by atoms with Crippen LogP contribution >= 0.6 is 0 Å². The molecule has 2 aromatic carbocycles. The van der Waals surface area contributed by atoms with Crippen LogP contribution in [-0.2, 0) is 4.74 Å². The highest BCUT2D eigenvalue weighted by Gasteiger charge is 2.38. The van der Waals surface area contributed by atoms with Gasteiger partial charge in [-0.3, -0.25) is 4.90 Å². The standard InChI is InChI=1S/C37H44N6O2/c1-37(2,3)45-36(44)43-19-5-7-31(43)35-40-21-30(42-35)27-17-16-26(32-24-12-14-25(15-13-24)33(27)32)22-8-10-23(11-9-22)29-20-39-34(41-29)28-6-4-18-38-28/h8-11,16-17,20-21,24-25,28,31,38H,4-7,12-15,18-19H2,1-3H3,(H,39,41)(H,40,42). The lowest BCUT2D eigenvalue weighted by atomic mass is 9.64. The van der Waals surface area contributed by atoms with Crippen LogP contribution < -0.4 is 5.32 Å². The minimum Gasteiger partial charge on any atom is -0.444 e. The van der Waals surface area contributed by atoms with E-state index in [0.29, 0.717) is 24.4 Å². The van der Waals surface area contributed by atoms with Gasteiger partial charge in [-0.1, -0.05) is 36.4 Å². The number of H-pyrrole nitrogens is 2. The molecule has 2 atom stereocenters. The van der Waals surface area contributed by atoms with Crippen molar-refractivity contribution in [3.63, 3.8) is 0 Å². The number of amides is 1.